The number of methoxy groups -OCH3 is 1. The second-order valence-electron chi connectivity index (χ2n) is 11.5. The highest BCUT2D eigenvalue weighted by molar-refractivity contribution is 5.82. The molecule has 2 fully saturated rings. The smallest absolute Gasteiger partial charge is 0.409 e. The molecule has 4 atom stereocenters. The van der Waals surface area contributed by atoms with Crippen LogP contribution < -0.4 is 5.32 Å². The van der Waals surface area contributed by atoms with Crippen LogP contribution >= 0.6 is 0 Å². The van der Waals surface area contributed by atoms with Gasteiger partial charge in [0.05, 0.1) is 38.4 Å². The van der Waals surface area contributed by atoms with Gasteiger partial charge in [0.15, 0.2) is 34.9 Å². The molecule has 0 aromatic heterocycles. The van der Waals surface area contributed by atoms with Gasteiger partial charge in [-0.15, -0.1) is 0 Å². The van der Waals surface area contributed by atoms with E-state index in [0.717, 1.165) is 34.1 Å². The van der Waals surface area contributed by atoms with E-state index in [1.165, 1.54) is 24.2 Å². The van der Waals surface area contributed by atoms with Crippen molar-refractivity contribution in [1.29, 1.82) is 0 Å². The Labute approximate surface area is 304 Å². The minimum absolute atomic E-state index is 0.0565. The van der Waals surface area contributed by atoms with Gasteiger partial charge in [-0.25, -0.2) is 50.3 Å². The van der Waals surface area contributed by atoms with Crippen molar-refractivity contribution in [2.45, 2.75) is 38.0 Å². The molecular weight excluding hydrogens is 738 g/mol. The SMILES string of the molecule is CCOC(=O)C=CC1CN(C(=O)O)CC(c2cc(F)c(F)c(F)c2)N1C(=O)O.CCOC(=O)C=CC1CN(C(=O)OC)CC(c2cc(F)c(F)c(F)c2)N1. The number of nitrogens with zero attached hydrogens (tertiary/aromatic N) is 3. The van der Waals surface area contributed by atoms with Gasteiger partial charge < -0.3 is 39.5 Å². The number of nitrogens with one attached hydrogen (secondary N) is 1. The topological polar surface area (TPSA) is 175 Å². The number of carbonyl (C=O) groups is 5. The first-order valence-electron chi connectivity index (χ1n) is 16.1. The summed E-state index contributed by atoms with van der Waals surface area (Å²) < 4.78 is 94.9. The monoisotopic (exact) mass is 774 g/mol. The molecule has 14 nitrogen and oxygen atoms in total. The number of rotatable bonds is 8. The van der Waals surface area contributed by atoms with E-state index in [1.807, 2.05) is 0 Å². The second kappa shape index (κ2) is 19.3. The van der Waals surface area contributed by atoms with Crippen LogP contribution in [0.2, 0.25) is 0 Å². The van der Waals surface area contributed by atoms with Crippen molar-refractivity contribution < 1.29 is 74.7 Å². The highest BCUT2D eigenvalue weighted by Crippen LogP contribution is 2.31. The van der Waals surface area contributed by atoms with Gasteiger partial charge in [-0.05, 0) is 49.2 Å². The summed E-state index contributed by atoms with van der Waals surface area (Å²) in [5, 5.41) is 21.9. The highest BCUT2D eigenvalue weighted by Gasteiger charge is 2.40. The molecule has 54 heavy (non-hydrogen) atoms. The Morgan fingerprint density at radius 2 is 1.22 bits per heavy atom. The summed E-state index contributed by atoms with van der Waals surface area (Å²) in [5.41, 5.74) is -0.135. The Morgan fingerprint density at radius 3 is 1.69 bits per heavy atom. The molecule has 0 bridgehead atoms. The van der Waals surface area contributed by atoms with E-state index in [9.17, 15) is 60.5 Å². The Morgan fingerprint density at radius 1 is 0.722 bits per heavy atom. The summed E-state index contributed by atoms with van der Waals surface area (Å²) in [6.45, 7) is 3.00. The van der Waals surface area contributed by atoms with E-state index in [-0.39, 0.29) is 44.0 Å². The standard InChI is InChI=1S/C17H17F3N2O6.C17H19F3N2O4/c1-2-28-14(23)4-3-10-7-21(16(24)25)8-13(22(10)17(26)27)9-5-11(18)15(20)12(19)6-9;1-3-26-15(23)5-4-11-8-22(17(24)25-2)9-14(21-11)10-6-12(18)16(20)13(19)7-10/h3-6,10,13H,2,7-8H2,1H3,(H,24,25)(H,26,27);4-7,11,14,21H,3,8-9H2,1-2H3. The number of benzene rings is 2. The first kappa shape index (κ1) is 42.6. The molecular formula is C34H36F6N4O10. The fraction of sp³-hybridized carbons (Fsp3) is 0.382. The highest BCUT2D eigenvalue weighted by atomic mass is 19.2. The number of hydrogen-bond donors (Lipinski definition) is 3. The lowest BCUT2D eigenvalue weighted by Crippen LogP contribution is -2.56. The van der Waals surface area contributed by atoms with Gasteiger partial charge in [0.25, 0.3) is 0 Å². The molecule has 0 spiro atoms. The number of carboxylic acid groups (broad SMARTS) is 2. The lowest BCUT2D eigenvalue weighted by Gasteiger charge is -2.43. The third kappa shape index (κ3) is 11.1. The molecule has 3 N–H and O–H groups in total. The number of halogens is 6. The van der Waals surface area contributed by atoms with Crippen molar-refractivity contribution in [1.82, 2.24) is 20.0 Å². The van der Waals surface area contributed by atoms with E-state index in [0.29, 0.717) is 12.1 Å². The van der Waals surface area contributed by atoms with Gasteiger partial charge >= 0.3 is 30.2 Å². The zero-order chi connectivity index (χ0) is 40.3. The maximum absolute atomic E-state index is 13.6. The molecule has 2 aromatic carbocycles. The van der Waals surface area contributed by atoms with Crippen LogP contribution in [0.15, 0.2) is 48.6 Å². The van der Waals surface area contributed by atoms with E-state index in [4.69, 9.17) is 9.47 Å². The van der Waals surface area contributed by atoms with E-state index >= 15 is 0 Å². The number of hydrogen-bond acceptors (Lipinski definition) is 9. The molecule has 0 aliphatic carbocycles. The first-order chi connectivity index (χ1) is 25.5. The third-order valence-corrected chi connectivity index (χ3v) is 7.95. The largest absolute Gasteiger partial charge is 0.465 e. The van der Waals surface area contributed by atoms with Crippen molar-refractivity contribution in [2.75, 3.05) is 46.5 Å². The molecule has 2 saturated heterocycles. The molecule has 4 unspecified atom stereocenters. The van der Waals surface area contributed by atoms with Gasteiger partial charge in [-0.3, -0.25) is 4.90 Å². The van der Waals surface area contributed by atoms with Crippen LogP contribution in [0.25, 0.3) is 0 Å². The quantitative estimate of drug-likeness (QED) is 0.109. The van der Waals surface area contributed by atoms with E-state index in [1.54, 1.807) is 13.8 Å². The number of ether oxygens (including phenoxy) is 3. The van der Waals surface area contributed by atoms with Crippen molar-refractivity contribution >= 4 is 30.2 Å². The molecule has 20 heteroatoms. The van der Waals surface area contributed by atoms with Gasteiger partial charge in [0.2, 0.25) is 0 Å². The summed E-state index contributed by atoms with van der Waals surface area (Å²) in [6.07, 6.45) is 1.21. The Kier molecular flexibility index (Phi) is 15.3. The van der Waals surface area contributed by atoms with Gasteiger partial charge in [-0.1, -0.05) is 12.2 Å². The molecule has 3 amide bonds. The number of esters is 2. The van der Waals surface area contributed by atoms with E-state index in [2.05, 4.69) is 10.1 Å². The van der Waals surface area contributed by atoms with Gasteiger partial charge in [-0.2, -0.15) is 0 Å². The van der Waals surface area contributed by atoms with Crippen molar-refractivity contribution in [3.63, 3.8) is 0 Å². The summed E-state index contributed by atoms with van der Waals surface area (Å²) in [6, 6.07) is -0.728. The minimum atomic E-state index is -1.73. The van der Waals surface area contributed by atoms with Gasteiger partial charge in [0.1, 0.15) is 0 Å². The second-order valence-corrected chi connectivity index (χ2v) is 11.5. The van der Waals surface area contributed by atoms with Crippen LogP contribution in [0.1, 0.15) is 37.1 Å². The average Bonchev–Trinajstić information content (AvgIpc) is 3.13. The lowest BCUT2D eigenvalue weighted by molar-refractivity contribution is -0.138. The van der Waals surface area contributed by atoms with Crippen LogP contribution in [0.5, 0.6) is 0 Å². The number of amides is 3. The minimum Gasteiger partial charge on any atom is -0.465 e. The molecule has 0 saturated carbocycles. The maximum Gasteiger partial charge on any atom is 0.409 e. The van der Waals surface area contributed by atoms with Crippen LogP contribution in [-0.4, -0.2) is 114 Å². The van der Waals surface area contributed by atoms with Crippen molar-refractivity contribution in [3.8, 4) is 0 Å². The molecule has 2 aliphatic heterocycles. The third-order valence-electron chi connectivity index (χ3n) is 7.95. The predicted octanol–water partition coefficient (Wildman–Crippen LogP) is 4.91. The van der Waals surface area contributed by atoms with Crippen LogP contribution in [0.4, 0.5) is 40.7 Å². The average molecular weight is 775 g/mol. The summed E-state index contributed by atoms with van der Waals surface area (Å²) in [5.74, 6) is -10.3. The van der Waals surface area contributed by atoms with Crippen molar-refractivity contribution in [3.05, 3.63) is 94.6 Å². The first-order valence-corrected chi connectivity index (χ1v) is 16.1. The number of piperazine rings is 2. The van der Waals surface area contributed by atoms with E-state index < -0.39 is 95.8 Å². The molecule has 0 radical (unpaired) electrons. The molecule has 2 heterocycles. The lowest BCUT2D eigenvalue weighted by atomic mass is 9.98. The molecule has 294 valence electrons. The van der Waals surface area contributed by atoms with Crippen molar-refractivity contribution in [2.24, 2.45) is 0 Å². The Hall–Kier alpha value is -5.79. The summed E-state index contributed by atoms with van der Waals surface area (Å²) in [4.78, 5) is 60.9. The predicted molar refractivity (Wildman–Crippen MR) is 174 cm³/mol. The maximum atomic E-state index is 13.6. The van der Waals surface area contributed by atoms with Crippen LogP contribution in [0.3, 0.4) is 0 Å². The fourth-order valence-electron chi connectivity index (χ4n) is 5.57. The zero-order valence-electron chi connectivity index (χ0n) is 28.9. The molecule has 2 aliphatic rings. The fourth-order valence-corrected chi connectivity index (χ4v) is 5.57. The van der Waals surface area contributed by atoms with Gasteiger partial charge in [0, 0.05) is 44.4 Å². The Balaban J connectivity index is 0.000000291. The molecule has 4 rings (SSSR count). The van der Waals surface area contributed by atoms with Crippen LogP contribution in [0, 0.1) is 34.9 Å². The van der Waals surface area contributed by atoms with Crippen LogP contribution in [-0.2, 0) is 23.8 Å². The summed E-state index contributed by atoms with van der Waals surface area (Å²) in [7, 11) is 1.21. The zero-order valence-corrected chi connectivity index (χ0v) is 28.9. The number of carbonyl (C=O) groups excluding carboxylic acids is 3. The summed E-state index contributed by atoms with van der Waals surface area (Å²) >= 11 is 0. The molecule has 2 aromatic rings. The Bertz CT molecular complexity index is 1730. The normalized spacial score (nSPS) is 20.0.